The smallest absolute Gasteiger partial charge is 0.165 e. The molecule has 3 heterocycles. The third-order valence-corrected chi connectivity index (χ3v) is 7.80. The van der Waals surface area contributed by atoms with E-state index >= 15 is 0 Å². The van der Waals surface area contributed by atoms with E-state index in [1.807, 2.05) is 23.7 Å². The maximum atomic E-state index is 6.70. The average molecular weight is 460 g/mol. The largest absolute Gasteiger partial charge is 0.321 e. The molecule has 2 aromatic carbocycles. The third-order valence-electron chi connectivity index (χ3n) is 7.80. The van der Waals surface area contributed by atoms with E-state index in [0.717, 1.165) is 46.5 Å². The number of pyridine rings is 1. The highest BCUT2D eigenvalue weighted by Gasteiger charge is 2.39. The van der Waals surface area contributed by atoms with Crippen LogP contribution in [-0.2, 0) is 5.54 Å². The molecule has 0 aliphatic heterocycles. The Labute approximate surface area is 205 Å². The number of rotatable bonds is 4. The Kier molecular flexibility index (Phi) is 4.43. The summed E-state index contributed by atoms with van der Waals surface area (Å²) in [4.78, 5) is 10.0. The van der Waals surface area contributed by atoms with Crippen LogP contribution >= 0.6 is 0 Å². The van der Waals surface area contributed by atoms with Crippen LogP contribution in [0, 0.1) is 12.8 Å². The molecule has 3 aromatic heterocycles. The van der Waals surface area contributed by atoms with Gasteiger partial charge in [-0.25, -0.2) is 9.97 Å². The standard InChI is InChI=1S/C30H29N5/c1-18-15-30(31,16-18)23-12-10-22(11-13-23)28-27(20-6-4-3-5-7-20)26(21-8-9-21)24-17-32-25-14-19(2)34-35(25)29(24)33-28/h3-7,10-14,17-18,21H,8-9,15-16,31H2,1-2H3. The highest BCUT2D eigenvalue weighted by Crippen LogP contribution is 2.50. The molecule has 5 nitrogen and oxygen atoms in total. The first-order valence-electron chi connectivity index (χ1n) is 12.6. The Bertz CT molecular complexity index is 1570. The topological polar surface area (TPSA) is 69.1 Å². The molecule has 35 heavy (non-hydrogen) atoms. The summed E-state index contributed by atoms with van der Waals surface area (Å²) in [6.07, 6.45) is 6.49. The van der Waals surface area contributed by atoms with Crippen molar-refractivity contribution in [3.63, 3.8) is 0 Å². The van der Waals surface area contributed by atoms with Crippen LogP contribution < -0.4 is 5.73 Å². The van der Waals surface area contributed by atoms with Crippen molar-refractivity contribution in [2.45, 2.75) is 51.0 Å². The van der Waals surface area contributed by atoms with Gasteiger partial charge in [-0.05, 0) is 61.1 Å². The van der Waals surface area contributed by atoms with Crippen LogP contribution in [0.1, 0.15) is 55.3 Å². The second-order valence-corrected chi connectivity index (χ2v) is 10.7. The van der Waals surface area contributed by atoms with E-state index in [2.05, 4.69) is 61.5 Å². The van der Waals surface area contributed by atoms with E-state index in [4.69, 9.17) is 20.8 Å². The molecule has 2 N–H and O–H groups in total. The summed E-state index contributed by atoms with van der Waals surface area (Å²) in [5.41, 5.74) is 16.3. The van der Waals surface area contributed by atoms with Crippen LogP contribution in [0.15, 0.2) is 66.9 Å². The zero-order valence-corrected chi connectivity index (χ0v) is 20.2. The van der Waals surface area contributed by atoms with E-state index in [0.29, 0.717) is 11.8 Å². The maximum Gasteiger partial charge on any atom is 0.165 e. The molecule has 0 saturated heterocycles. The quantitative estimate of drug-likeness (QED) is 0.338. The summed E-state index contributed by atoms with van der Waals surface area (Å²) in [5, 5.41) is 5.85. The van der Waals surface area contributed by atoms with Crippen molar-refractivity contribution >= 4 is 16.7 Å². The monoisotopic (exact) mass is 459 g/mol. The van der Waals surface area contributed by atoms with Crippen molar-refractivity contribution in [3.05, 3.63) is 83.7 Å². The molecule has 2 aliphatic rings. The zero-order chi connectivity index (χ0) is 23.7. The highest BCUT2D eigenvalue weighted by molar-refractivity contribution is 5.95. The molecule has 0 atom stereocenters. The van der Waals surface area contributed by atoms with Gasteiger partial charge in [-0.2, -0.15) is 9.61 Å². The predicted molar refractivity (Wildman–Crippen MR) is 140 cm³/mol. The number of nitrogens with zero attached hydrogens (tertiary/aromatic N) is 4. The molecule has 0 bridgehead atoms. The fourth-order valence-corrected chi connectivity index (χ4v) is 6.04. The lowest BCUT2D eigenvalue weighted by atomic mass is 9.66. The lowest BCUT2D eigenvalue weighted by Crippen LogP contribution is -2.47. The molecule has 0 radical (unpaired) electrons. The summed E-state index contributed by atoms with van der Waals surface area (Å²) < 4.78 is 1.91. The average Bonchev–Trinajstić information content (AvgIpc) is 3.62. The fourth-order valence-electron chi connectivity index (χ4n) is 6.04. The van der Waals surface area contributed by atoms with Crippen molar-refractivity contribution in [1.82, 2.24) is 19.6 Å². The van der Waals surface area contributed by atoms with Crippen LogP contribution in [0.4, 0.5) is 0 Å². The minimum atomic E-state index is -0.194. The van der Waals surface area contributed by atoms with Gasteiger partial charge < -0.3 is 5.73 Å². The summed E-state index contributed by atoms with van der Waals surface area (Å²) in [6.45, 7) is 4.28. The van der Waals surface area contributed by atoms with Gasteiger partial charge in [0.05, 0.1) is 11.4 Å². The molecule has 7 rings (SSSR count). The molecule has 0 amide bonds. The number of nitrogens with two attached hydrogens (primary N) is 1. The first-order valence-corrected chi connectivity index (χ1v) is 12.6. The van der Waals surface area contributed by atoms with Gasteiger partial charge in [0.2, 0.25) is 0 Å². The number of hydrogen-bond acceptors (Lipinski definition) is 4. The molecule has 2 fully saturated rings. The lowest BCUT2D eigenvalue weighted by molar-refractivity contribution is 0.164. The van der Waals surface area contributed by atoms with Crippen molar-refractivity contribution < 1.29 is 0 Å². The van der Waals surface area contributed by atoms with E-state index in [9.17, 15) is 0 Å². The summed E-state index contributed by atoms with van der Waals surface area (Å²) >= 11 is 0. The van der Waals surface area contributed by atoms with Gasteiger partial charge in [0.15, 0.2) is 11.3 Å². The van der Waals surface area contributed by atoms with Crippen molar-refractivity contribution in [2.24, 2.45) is 11.7 Å². The first-order chi connectivity index (χ1) is 17.0. The van der Waals surface area contributed by atoms with Crippen LogP contribution in [0.3, 0.4) is 0 Å². The van der Waals surface area contributed by atoms with Crippen molar-refractivity contribution in [2.75, 3.05) is 0 Å². The van der Waals surface area contributed by atoms with Crippen LogP contribution in [0.2, 0.25) is 0 Å². The maximum absolute atomic E-state index is 6.70. The number of aryl methyl sites for hydroxylation is 1. The van der Waals surface area contributed by atoms with Gasteiger partial charge >= 0.3 is 0 Å². The SMILES string of the molecule is Cc1cc2ncc3c(C4CC4)c(-c4ccccc4)c(-c4ccc(C5(N)CC(C)C5)cc4)nc3n2n1. The number of fused-ring (bicyclic) bond motifs is 3. The molecule has 5 heteroatoms. The Morgan fingerprint density at radius 1 is 0.971 bits per heavy atom. The van der Waals surface area contributed by atoms with Gasteiger partial charge in [0, 0.05) is 34.3 Å². The molecule has 0 spiro atoms. The van der Waals surface area contributed by atoms with Crippen molar-refractivity contribution in [1.29, 1.82) is 0 Å². The Hall–Kier alpha value is -3.57. The van der Waals surface area contributed by atoms with Gasteiger partial charge in [-0.15, -0.1) is 0 Å². The molecule has 0 unspecified atom stereocenters. The summed E-state index contributed by atoms with van der Waals surface area (Å²) in [6, 6.07) is 21.5. The minimum absolute atomic E-state index is 0.194. The van der Waals surface area contributed by atoms with Gasteiger partial charge in [0.1, 0.15) is 0 Å². The normalized spacial score (nSPS) is 22.0. The third kappa shape index (κ3) is 3.29. The molecule has 5 aromatic rings. The highest BCUT2D eigenvalue weighted by atomic mass is 15.3. The van der Waals surface area contributed by atoms with Gasteiger partial charge in [-0.1, -0.05) is 61.5 Å². The lowest BCUT2D eigenvalue weighted by Gasteiger charge is -2.44. The molecular formula is C30H29N5. The second-order valence-electron chi connectivity index (χ2n) is 10.7. The van der Waals surface area contributed by atoms with Gasteiger partial charge in [-0.3, -0.25) is 0 Å². The number of hydrogen-bond donors (Lipinski definition) is 1. The Morgan fingerprint density at radius 3 is 2.40 bits per heavy atom. The van der Waals surface area contributed by atoms with E-state index in [1.165, 1.54) is 35.1 Å². The zero-order valence-electron chi connectivity index (χ0n) is 20.2. The van der Waals surface area contributed by atoms with Crippen LogP contribution in [0.25, 0.3) is 39.1 Å². The summed E-state index contributed by atoms with van der Waals surface area (Å²) in [7, 11) is 0. The first kappa shape index (κ1) is 20.8. The predicted octanol–water partition coefficient (Wildman–Crippen LogP) is 6.38. The fraction of sp³-hybridized carbons (Fsp3) is 0.300. The van der Waals surface area contributed by atoms with Crippen molar-refractivity contribution in [3.8, 4) is 22.4 Å². The molecular weight excluding hydrogens is 430 g/mol. The van der Waals surface area contributed by atoms with E-state index < -0.39 is 0 Å². The van der Waals surface area contributed by atoms with Gasteiger partial charge in [0.25, 0.3) is 0 Å². The Morgan fingerprint density at radius 2 is 1.71 bits per heavy atom. The second kappa shape index (κ2) is 7.46. The molecule has 174 valence electrons. The molecule has 2 saturated carbocycles. The van der Waals surface area contributed by atoms with Crippen LogP contribution in [-0.4, -0.2) is 19.6 Å². The Balaban J connectivity index is 1.51. The van der Waals surface area contributed by atoms with Crippen LogP contribution in [0.5, 0.6) is 0 Å². The van der Waals surface area contributed by atoms with E-state index in [1.54, 1.807) is 0 Å². The minimum Gasteiger partial charge on any atom is -0.321 e. The molecule has 2 aliphatic carbocycles. The number of benzene rings is 2. The van der Waals surface area contributed by atoms with E-state index in [-0.39, 0.29) is 5.54 Å². The number of aromatic nitrogens is 4. The summed E-state index contributed by atoms with van der Waals surface area (Å²) in [5.74, 6) is 1.22.